The van der Waals surface area contributed by atoms with E-state index >= 15 is 0 Å². The van der Waals surface area contributed by atoms with Crippen molar-refractivity contribution in [3.63, 3.8) is 0 Å². The van der Waals surface area contributed by atoms with Crippen molar-refractivity contribution in [2.24, 2.45) is 5.92 Å². The van der Waals surface area contributed by atoms with Crippen LogP contribution in [0.4, 0.5) is 5.82 Å². The Balaban J connectivity index is 1.29. The first-order chi connectivity index (χ1) is 15.8. The summed E-state index contributed by atoms with van der Waals surface area (Å²) in [5, 5.41) is 0. The Morgan fingerprint density at radius 3 is 2.69 bits per heavy atom. The smallest absolute Gasteiger partial charge is 0.138 e. The van der Waals surface area contributed by atoms with Crippen LogP contribution in [0.5, 0.6) is 0 Å². The van der Waals surface area contributed by atoms with Gasteiger partial charge in [0.05, 0.1) is 30.6 Å². The second kappa shape index (κ2) is 8.81. The van der Waals surface area contributed by atoms with Crippen LogP contribution in [0.3, 0.4) is 0 Å². The number of ether oxygens (including phenoxy) is 1. The first kappa shape index (κ1) is 20.1. The topological polar surface area (TPSA) is 49.1 Å². The fraction of sp³-hybridized carbons (Fsp3) is 0.520. The van der Waals surface area contributed by atoms with E-state index in [4.69, 9.17) is 9.72 Å². The van der Waals surface area contributed by atoms with E-state index in [1.165, 1.54) is 30.9 Å². The third kappa shape index (κ3) is 4.25. The van der Waals surface area contributed by atoms with Gasteiger partial charge in [-0.05, 0) is 43.0 Å². The van der Waals surface area contributed by atoms with E-state index in [0.717, 1.165) is 69.7 Å². The molecule has 1 saturated carbocycles. The van der Waals surface area contributed by atoms with Crippen molar-refractivity contribution in [1.29, 1.82) is 0 Å². The molecule has 1 aliphatic carbocycles. The van der Waals surface area contributed by atoms with Crippen LogP contribution in [0.25, 0.3) is 5.65 Å². The van der Waals surface area contributed by atoms with Gasteiger partial charge in [-0.25, -0.2) is 4.98 Å². The van der Waals surface area contributed by atoms with Gasteiger partial charge in [0.2, 0.25) is 0 Å². The number of fused-ring (bicyclic) bond motifs is 1. The molecule has 3 aromatic rings. The second-order valence-corrected chi connectivity index (χ2v) is 9.39. The van der Waals surface area contributed by atoms with E-state index in [1.807, 2.05) is 12.3 Å². The fourth-order valence-electron chi connectivity index (χ4n) is 5.10. The predicted octanol–water partition coefficient (Wildman–Crippen LogP) is 2.83. The molecule has 0 N–H and O–H groups in total. The van der Waals surface area contributed by atoms with Crippen LogP contribution < -0.4 is 4.90 Å². The van der Waals surface area contributed by atoms with Gasteiger partial charge in [-0.3, -0.25) is 19.2 Å². The zero-order chi connectivity index (χ0) is 21.3. The first-order valence-corrected chi connectivity index (χ1v) is 12.0. The fourth-order valence-corrected chi connectivity index (χ4v) is 5.10. The Morgan fingerprint density at radius 2 is 1.88 bits per heavy atom. The Morgan fingerprint density at radius 1 is 0.969 bits per heavy atom. The molecule has 0 aromatic carbocycles. The number of pyridine rings is 2. The lowest BCUT2D eigenvalue weighted by molar-refractivity contribution is 0.0633. The summed E-state index contributed by atoms with van der Waals surface area (Å²) in [5.74, 6) is 2.10. The van der Waals surface area contributed by atoms with Crippen molar-refractivity contribution >= 4 is 11.5 Å². The number of imidazole rings is 1. The highest BCUT2D eigenvalue weighted by atomic mass is 16.5. The average Bonchev–Trinajstić information content (AvgIpc) is 3.55. The monoisotopic (exact) mass is 432 g/mol. The van der Waals surface area contributed by atoms with Crippen LogP contribution in [-0.4, -0.2) is 76.7 Å². The molecule has 0 bridgehead atoms. The molecule has 0 spiro atoms. The molecule has 7 heteroatoms. The molecule has 3 aliphatic rings. The van der Waals surface area contributed by atoms with Crippen LogP contribution >= 0.6 is 0 Å². The van der Waals surface area contributed by atoms with Crippen LogP contribution in [0.1, 0.15) is 30.3 Å². The summed E-state index contributed by atoms with van der Waals surface area (Å²) in [6.45, 7) is 8.73. The van der Waals surface area contributed by atoms with Gasteiger partial charge < -0.3 is 9.64 Å². The summed E-state index contributed by atoms with van der Waals surface area (Å²) in [7, 11) is 0. The van der Waals surface area contributed by atoms with Gasteiger partial charge in [-0.1, -0.05) is 12.1 Å². The van der Waals surface area contributed by atoms with Gasteiger partial charge in [0.15, 0.2) is 0 Å². The predicted molar refractivity (Wildman–Crippen MR) is 125 cm³/mol. The first-order valence-electron chi connectivity index (χ1n) is 12.0. The molecule has 0 radical (unpaired) electrons. The third-order valence-corrected chi connectivity index (χ3v) is 7.04. The van der Waals surface area contributed by atoms with Crippen molar-refractivity contribution in [1.82, 2.24) is 24.2 Å². The number of aromatic nitrogens is 3. The van der Waals surface area contributed by atoms with Crippen molar-refractivity contribution in [2.45, 2.75) is 25.4 Å². The number of rotatable bonds is 6. The molecule has 0 unspecified atom stereocenters. The van der Waals surface area contributed by atoms with E-state index in [1.54, 1.807) is 0 Å². The molecule has 7 nitrogen and oxygen atoms in total. The van der Waals surface area contributed by atoms with E-state index < -0.39 is 0 Å². The van der Waals surface area contributed by atoms with E-state index in [-0.39, 0.29) is 0 Å². The lowest BCUT2D eigenvalue weighted by Gasteiger charge is -2.40. The molecule has 0 amide bonds. The average molecular weight is 433 g/mol. The maximum absolute atomic E-state index is 5.57. The highest BCUT2D eigenvalue weighted by Crippen LogP contribution is 2.35. The Bertz CT molecular complexity index is 1040. The largest absolute Gasteiger partial charge is 0.378 e. The van der Waals surface area contributed by atoms with Crippen LogP contribution in [0.15, 0.2) is 48.8 Å². The van der Waals surface area contributed by atoms with E-state index in [2.05, 4.69) is 60.6 Å². The highest BCUT2D eigenvalue weighted by molar-refractivity contribution is 5.53. The summed E-state index contributed by atoms with van der Waals surface area (Å²) in [5.41, 5.74) is 3.38. The highest BCUT2D eigenvalue weighted by Gasteiger charge is 2.34. The molecule has 2 aliphatic heterocycles. The van der Waals surface area contributed by atoms with Crippen molar-refractivity contribution in [2.75, 3.05) is 57.4 Å². The molecule has 32 heavy (non-hydrogen) atoms. The second-order valence-electron chi connectivity index (χ2n) is 9.39. The maximum atomic E-state index is 5.57. The van der Waals surface area contributed by atoms with Gasteiger partial charge in [0.1, 0.15) is 11.5 Å². The molecule has 6 rings (SSSR count). The number of morpholine rings is 1. The molecule has 168 valence electrons. The molecular weight excluding hydrogens is 400 g/mol. The minimum atomic E-state index is 0.325. The van der Waals surface area contributed by atoms with Crippen molar-refractivity contribution in [3.8, 4) is 0 Å². The zero-order valence-corrected chi connectivity index (χ0v) is 18.6. The molecular formula is C25H32N6O. The lowest BCUT2D eigenvalue weighted by atomic mass is 10.1. The third-order valence-electron chi connectivity index (χ3n) is 7.04. The van der Waals surface area contributed by atoms with Gasteiger partial charge in [-0.15, -0.1) is 0 Å². The quantitative estimate of drug-likeness (QED) is 0.597. The summed E-state index contributed by atoms with van der Waals surface area (Å²) in [4.78, 5) is 17.3. The van der Waals surface area contributed by atoms with E-state index in [0.29, 0.717) is 6.04 Å². The standard InChI is InChI=1S/C25H32N6O/c1-2-9-26-21(4-1)17-28-10-11-30(16-20-7-8-20)23(19-28)22-18-31-24(27-22)5-3-6-25(31)29-12-14-32-15-13-29/h1-6,9,18,20,23H,7-8,10-17,19H2/t23-/m1/s1. The number of anilines is 1. The van der Waals surface area contributed by atoms with Crippen LogP contribution in [0.2, 0.25) is 0 Å². The van der Waals surface area contributed by atoms with Gasteiger partial charge in [0.25, 0.3) is 0 Å². The number of piperazine rings is 1. The molecule has 1 atom stereocenters. The minimum absolute atomic E-state index is 0.325. The Hall–Kier alpha value is -2.48. The van der Waals surface area contributed by atoms with Gasteiger partial charge >= 0.3 is 0 Å². The van der Waals surface area contributed by atoms with Crippen LogP contribution in [0, 0.1) is 5.92 Å². The number of hydrogen-bond donors (Lipinski definition) is 0. The van der Waals surface area contributed by atoms with Crippen molar-refractivity contribution < 1.29 is 4.74 Å². The molecule has 3 aromatic heterocycles. The maximum Gasteiger partial charge on any atom is 0.138 e. The molecule has 2 saturated heterocycles. The summed E-state index contributed by atoms with van der Waals surface area (Å²) >= 11 is 0. The van der Waals surface area contributed by atoms with Gasteiger partial charge in [0, 0.05) is 58.2 Å². The molecule has 5 heterocycles. The number of nitrogens with zero attached hydrogens (tertiary/aromatic N) is 6. The summed E-state index contributed by atoms with van der Waals surface area (Å²) in [6, 6.07) is 13.0. The number of hydrogen-bond acceptors (Lipinski definition) is 6. The SMILES string of the molecule is c1ccc(CN2CCN(CC3CC3)[C@@H](c3cn4c(N5CCOCC5)cccc4n3)C2)nc1. The van der Waals surface area contributed by atoms with Gasteiger partial charge in [-0.2, -0.15) is 0 Å². The Kier molecular flexibility index (Phi) is 5.55. The Labute approximate surface area is 189 Å². The zero-order valence-electron chi connectivity index (χ0n) is 18.6. The minimum Gasteiger partial charge on any atom is -0.378 e. The lowest BCUT2D eigenvalue weighted by Crippen LogP contribution is -2.48. The molecule has 3 fully saturated rings. The summed E-state index contributed by atoms with van der Waals surface area (Å²) < 4.78 is 7.85. The van der Waals surface area contributed by atoms with E-state index in [9.17, 15) is 0 Å². The van der Waals surface area contributed by atoms with Crippen LogP contribution in [-0.2, 0) is 11.3 Å². The van der Waals surface area contributed by atoms with Crippen molar-refractivity contribution in [3.05, 3.63) is 60.2 Å². The normalized spacial score (nSPS) is 23.1. The summed E-state index contributed by atoms with van der Waals surface area (Å²) in [6.07, 6.45) is 6.95.